The molecular formula is C51H34N4. The predicted molar refractivity (Wildman–Crippen MR) is 229 cm³/mol. The standard InChI is InChI=1S/C51H34N4/c1-6-18-35(19-7-1)46-34-48(54-51(53-46)37-22-10-3-11-23-37)44-33-45-49(42-29-17-16-28-41(42)44)43-31-30-40(32-47(43)52-50(45)36-20-8-2-9-21-36)55(38-24-12-4-13-25-38)39-26-14-5-15-27-39/h1-34H. The van der Waals surface area contributed by atoms with E-state index in [1.807, 2.05) is 24.3 Å². The van der Waals surface area contributed by atoms with Crippen molar-refractivity contribution in [3.63, 3.8) is 0 Å². The van der Waals surface area contributed by atoms with Crippen LogP contribution in [0.5, 0.6) is 0 Å². The third-order valence-corrected chi connectivity index (χ3v) is 10.2. The molecule has 55 heavy (non-hydrogen) atoms. The zero-order valence-corrected chi connectivity index (χ0v) is 29.9. The molecule has 0 aliphatic heterocycles. The van der Waals surface area contributed by atoms with Gasteiger partial charge in [-0.3, -0.25) is 0 Å². The first-order valence-electron chi connectivity index (χ1n) is 18.5. The first kappa shape index (κ1) is 32.2. The molecular weight excluding hydrogens is 669 g/mol. The molecule has 0 saturated carbocycles. The van der Waals surface area contributed by atoms with E-state index < -0.39 is 0 Å². The number of pyridine rings is 1. The Morgan fingerprint density at radius 1 is 0.327 bits per heavy atom. The Morgan fingerprint density at radius 2 is 0.855 bits per heavy atom. The first-order chi connectivity index (χ1) is 27.3. The van der Waals surface area contributed by atoms with E-state index in [0.717, 1.165) is 83.5 Å². The molecule has 258 valence electrons. The third-order valence-electron chi connectivity index (χ3n) is 10.2. The van der Waals surface area contributed by atoms with E-state index in [9.17, 15) is 0 Å². The van der Waals surface area contributed by atoms with Crippen LogP contribution in [-0.2, 0) is 0 Å². The second-order valence-corrected chi connectivity index (χ2v) is 13.6. The van der Waals surface area contributed by atoms with E-state index in [0.29, 0.717) is 5.82 Å². The summed E-state index contributed by atoms with van der Waals surface area (Å²) in [6.07, 6.45) is 0. The number of fused-ring (bicyclic) bond motifs is 5. The average molecular weight is 703 g/mol. The van der Waals surface area contributed by atoms with Crippen LogP contribution < -0.4 is 4.90 Å². The van der Waals surface area contributed by atoms with Crippen LogP contribution in [0.4, 0.5) is 17.1 Å². The van der Waals surface area contributed by atoms with Crippen LogP contribution in [0.3, 0.4) is 0 Å². The summed E-state index contributed by atoms with van der Waals surface area (Å²) in [5.74, 6) is 0.690. The van der Waals surface area contributed by atoms with Gasteiger partial charge in [0.05, 0.1) is 22.6 Å². The van der Waals surface area contributed by atoms with Crippen molar-refractivity contribution in [2.24, 2.45) is 0 Å². The van der Waals surface area contributed by atoms with Gasteiger partial charge in [0.25, 0.3) is 0 Å². The zero-order chi connectivity index (χ0) is 36.6. The molecule has 0 amide bonds. The first-order valence-corrected chi connectivity index (χ1v) is 18.5. The Morgan fingerprint density at radius 3 is 1.49 bits per heavy atom. The molecule has 0 radical (unpaired) electrons. The van der Waals surface area contributed by atoms with Crippen molar-refractivity contribution in [2.45, 2.75) is 0 Å². The van der Waals surface area contributed by atoms with Gasteiger partial charge in [0.2, 0.25) is 0 Å². The number of aromatic nitrogens is 3. The van der Waals surface area contributed by atoms with E-state index >= 15 is 0 Å². The lowest BCUT2D eigenvalue weighted by atomic mass is 9.90. The van der Waals surface area contributed by atoms with E-state index in [-0.39, 0.29) is 0 Å². The highest BCUT2D eigenvalue weighted by Gasteiger charge is 2.20. The molecule has 0 spiro atoms. The van der Waals surface area contributed by atoms with Crippen LogP contribution in [0.2, 0.25) is 0 Å². The van der Waals surface area contributed by atoms with Gasteiger partial charge in [-0.15, -0.1) is 0 Å². The minimum Gasteiger partial charge on any atom is -0.310 e. The Balaban J connectivity index is 1.26. The van der Waals surface area contributed by atoms with Gasteiger partial charge in [-0.2, -0.15) is 0 Å². The number of benzene rings is 8. The molecule has 0 aliphatic rings. The van der Waals surface area contributed by atoms with Crippen LogP contribution >= 0.6 is 0 Å². The summed E-state index contributed by atoms with van der Waals surface area (Å²) in [7, 11) is 0. The van der Waals surface area contributed by atoms with Crippen molar-refractivity contribution in [3.8, 4) is 45.2 Å². The van der Waals surface area contributed by atoms with Crippen molar-refractivity contribution >= 4 is 49.5 Å². The van der Waals surface area contributed by atoms with Crippen LogP contribution in [0.1, 0.15) is 0 Å². The quantitative estimate of drug-likeness (QED) is 0.155. The van der Waals surface area contributed by atoms with Gasteiger partial charge in [-0.05, 0) is 59.3 Å². The second-order valence-electron chi connectivity index (χ2n) is 13.6. The van der Waals surface area contributed by atoms with Gasteiger partial charge >= 0.3 is 0 Å². The Hall–Kier alpha value is -7.43. The van der Waals surface area contributed by atoms with Crippen LogP contribution in [0.15, 0.2) is 206 Å². The lowest BCUT2D eigenvalue weighted by Gasteiger charge is -2.26. The number of hydrogen-bond acceptors (Lipinski definition) is 4. The molecule has 0 aliphatic carbocycles. The van der Waals surface area contributed by atoms with E-state index in [1.54, 1.807) is 0 Å². The van der Waals surface area contributed by atoms with Gasteiger partial charge in [0.15, 0.2) is 5.82 Å². The normalized spacial score (nSPS) is 11.3. The summed E-state index contributed by atoms with van der Waals surface area (Å²) in [6.45, 7) is 0. The number of hydrogen-bond donors (Lipinski definition) is 0. The highest BCUT2D eigenvalue weighted by atomic mass is 15.1. The van der Waals surface area contributed by atoms with Crippen molar-refractivity contribution in [2.75, 3.05) is 4.90 Å². The van der Waals surface area contributed by atoms with Gasteiger partial charge in [-0.1, -0.05) is 158 Å². The highest BCUT2D eigenvalue weighted by Crippen LogP contribution is 2.44. The molecule has 0 unspecified atom stereocenters. The fourth-order valence-corrected chi connectivity index (χ4v) is 7.68. The maximum atomic E-state index is 5.52. The second kappa shape index (κ2) is 13.8. The predicted octanol–water partition coefficient (Wildman–Crippen LogP) is 13.5. The Kier molecular flexibility index (Phi) is 8.12. The zero-order valence-electron chi connectivity index (χ0n) is 29.9. The minimum atomic E-state index is 0.690. The van der Waals surface area contributed by atoms with E-state index in [2.05, 4.69) is 187 Å². The smallest absolute Gasteiger partial charge is 0.160 e. The molecule has 10 aromatic rings. The summed E-state index contributed by atoms with van der Waals surface area (Å²) in [6, 6.07) is 71.9. The molecule has 8 aromatic carbocycles. The maximum absolute atomic E-state index is 5.52. The molecule has 0 saturated heterocycles. The average Bonchev–Trinajstić information content (AvgIpc) is 3.27. The largest absolute Gasteiger partial charge is 0.310 e. The van der Waals surface area contributed by atoms with Crippen molar-refractivity contribution in [1.82, 2.24) is 15.0 Å². The number of anilines is 3. The summed E-state index contributed by atoms with van der Waals surface area (Å²) < 4.78 is 0. The molecule has 4 nitrogen and oxygen atoms in total. The Labute approximate surface area is 319 Å². The maximum Gasteiger partial charge on any atom is 0.160 e. The minimum absolute atomic E-state index is 0.690. The van der Waals surface area contributed by atoms with Gasteiger partial charge in [0, 0.05) is 55.5 Å². The summed E-state index contributed by atoms with van der Waals surface area (Å²) in [4.78, 5) is 18.2. The molecule has 2 heterocycles. The molecule has 2 aromatic heterocycles. The molecule has 0 atom stereocenters. The van der Waals surface area contributed by atoms with Gasteiger partial charge in [-0.25, -0.2) is 15.0 Å². The van der Waals surface area contributed by atoms with Crippen LogP contribution in [0, 0.1) is 0 Å². The van der Waals surface area contributed by atoms with Crippen molar-refractivity contribution < 1.29 is 0 Å². The van der Waals surface area contributed by atoms with E-state index in [4.69, 9.17) is 15.0 Å². The SMILES string of the molecule is c1ccc(-c2cc(-c3cc4c(-c5ccccc5)nc5cc(N(c6ccccc6)c6ccccc6)ccc5c4c4ccccc34)nc(-c3ccccc3)n2)cc1. The summed E-state index contributed by atoms with van der Waals surface area (Å²) in [5.41, 5.74) is 10.9. The molecule has 10 rings (SSSR count). The molecule has 0 fully saturated rings. The topological polar surface area (TPSA) is 41.9 Å². The summed E-state index contributed by atoms with van der Waals surface area (Å²) in [5, 5.41) is 5.61. The monoisotopic (exact) mass is 702 g/mol. The molecule has 4 heteroatoms. The number of rotatable bonds is 7. The molecule has 0 bridgehead atoms. The van der Waals surface area contributed by atoms with Crippen LogP contribution in [0.25, 0.3) is 77.6 Å². The lowest BCUT2D eigenvalue weighted by Crippen LogP contribution is -2.09. The lowest BCUT2D eigenvalue weighted by molar-refractivity contribution is 1.19. The third kappa shape index (κ3) is 5.96. The molecule has 0 N–H and O–H groups in total. The number of nitrogens with zero attached hydrogens (tertiary/aromatic N) is 4. The summed E-state index contributed by atoms with van der Waals surface area (Å²) >= 11 is 0. The highest BCUT2D eigenvalue weighted by molar-refractivity contribution is 6.25. The van der Waals surface area contributed by atoms with E-state index in [1.165, 1.54) is 5.39 Å². The Bertz CT molecular complexity index is 2850. The fraction of sp³-hybridized carbons (Fsp3) is 0. The van der Waals surface area contributed by atoms with Crippen LogP contribution in [-0.4, -0.2) is 15.0 Å². The fourth-order valence-electron chi connectivity index (χ4n) is 7.68. The number of para-hydroxylation sites is 2. The van der Waals surface area contributed by atoms with Gasteiger partial charge < -0.3 is 4.90 Å². The van der Waals surface area contributed by atoms with Crippen molar-refractivity contribution in [1.29, 1.82) is 0 Å². The van der Waals surface area contributed by atoms with Crippen molar-refractivity contribution in [3.05, 3.63) is 206 Å². The van der Waals surface area contributed by atoms with Gasteiger partial charge in [0.1, 0.15) is 0 Å².